The third-order valence-corrected chi connectivity index (χ3v) is 12.3. The minimum atomic E-state index is -1.12. The van der Waals surface area contributed by atoms with Gasteiger partial charge in [-0.25, -0.2) is 62.2 Å². The zero-order chi connectivity index (χ0) is 55.2. The van der Waals surface area contributed by atoms with E-state index >= 15 is 0 Å². The number of rotatable bonds is 11. The number of nitrogens with one attached hydrogen (secondary N) is 1. The van der Waals surface area contributed by atoms with Gasteiger partial charge in [0.05, 0.1) is 65.6 Å². The van der Waals surface area contributed by atoms with E-state index in [1.807, 2.05) is 57.9 Å². The van der Waals surface area contributed by atoms with Gasteiger partial charge >= 0.3 is 5.97 Å². The second-order valence-corrected chi connectivity index (χ2v) is 17.3. The highest BCUT2D eigenvalue weighted by molar-refractivity contribution is 5.98. The molecule has 17 nitrogen and oxygen atoms in total. The minimum Gasteiger partial charge on any atom is -0.481 e. The largest absolute Gasteiger partial charge is 0.481 e. The number of aromatic carboxylic acids is 1. The number of pyridine rings is 4. The van der Waals surface area contributed by atoms with E-state index in [1.165, 1.54) is 80.9 Å². The van der Waals surface area contributed by atoms with Gasteiger partial charge in [0.15, 0.2) is 11.6 Å². The standard InChI is InChI=1S/C29H20F2N6O2.C21H13F2N3O3.C8H9N3.ClH/c1-39-26-13-21(22(31)15-33-26)28-27(18-3-6-20(30)7-4-18)35-23-8-5-19(12-24(23)36-28)29(38)34-14-17-2-9-25-32-10-11-37(25)16-17;1-29-18-9-14(15(23)10-24-18)20-19(11-2-5-13(22)6-3-11)25-16-7-4-12(21(27)28)8-17(16)26-20;9-5-7-1-2-8-10-3-4-11(8)6-7;/h2-13,15-16H,14H2,1H3,(H,34,38);2-10H,1H3,(H,27,28);1-4,6H,5,9H2;1H. The van der Waals surface area contributed by atoms with Crippen LogP contribution in [0.4, 0.5) is 17.6 Å². The van der Waals surface area contributed by atoms with Gasteiger partial charge in [0.1, 0.15) is 34.3 Å². The van der Waals surface area contributed by atoms with Crippen LogP contribution >= 0.6 is 12.4 Å². The monoisotopic (exact) mass is 1100 g/mol. The molecule has 0 saturated heterocycles. The Hall–Kier alpha value is -10.3. The SMILES string of the molecule is COc1cc(-c2nc3cc(C(=O)NCc4ccc5nccn5c4)ccc3nc2-c2ccc(F)cc2)c(F)cn1.COc1cc(-c2nc3cc(C(=O)O)ccc3nc2-c2ccc(F)cc2)c(F)cn1.Cl.NCc1ccc2nccn2c1. The maximum absolute atomic E-state index is 15.0. The number of aromatic nitrogens is 10. The first kappa shape index (κ1) is 54.5. The van der Waals surface area contributed by atoms with Gasteiger partial charge in [-0.3, -0.25) is 4.79 Å². The van der Waals surface area contributed by atoms with E-state index in [-0.39, 0.29) is 63.7 Å². The minimum absolute atomic E-state index is 0. The molecule has 8 aromatic heterocycles. The van der Waals surface area contributed by atoms with Crippen LogP contribution in [0, 0.1) is 23.3 Å². The maximum atomic E-state index is 15.0. The molecule has 0 aliphatic heterocycles. The number of ether oxygens (including phenoxy) is 2. The second kappa shape index (κ2) is 24.0. The fourth-order valence-corrected chi connectivity index (χ4v) is 8.24. The number of amides is 1. The van der Waals surface area contributed by atoms with Crippen LogP contribution in [0.25, 0.3) is 78.4 Å². The van der Waals surface area contributed by atoms with Gasteiger partial charge in [-0.05, 0) is 108 Å². The van der Waals surface area contributed by atoms with Crippen LogP contribution < -0.4 is 20.5 Å². The number of carbonyl (C=O) groups is 2. The van der Waals surface area contributed by atoms with E-state index < -0.39 is 29.2 Å². The van der Waals surface area contributed by atoms with Gasteiger partial charge in [-0.15, -0.1) is 12.4 Å². The number of carbonyl (C=O) groups excluding carboxylic acids is 1. The molecule has 0 aliphatic rings. The first-order chi connectivity index (χ1) is 38.3. The van der Waals surface area contributed by atoms with E-state index in [4.69, 9.17) is 25.2 Å². The lowest BCUT2D eigenvalue weighted by Crippen LogP contribution is -2.23. The van der Waals surface area contributed by atoms with E-state index in [2.05, 4.69) is 35.2 Å². The molecular weight excluding hydrogens is 1060 g/mol. The van der Waals surface area contributed by atoms with Gasteiger partial charge in [0, 0.05) is 90.2 Å². The van der Waals surface area contributed by atoms with Gasteiger partial charge in [0.25, 0.3) is 5.91 Å². The Labute approximate surface area is 457 Å². The topological polar surface area (TPSA) is 223 Å². The molecule has 80 heavy (non-hydrogen) atoms. The van der Waals surface area contributed by atoms with E-state index in [0.29, 0.717) is 57.7 Å². The summed E-state index contributed by atoms with van der Waals surface area (Å²) in [6.45, 7) is 0.890. The maximum Gasteiger partial charge on any atom is 0.335 e. The van der Waals surface area contributed by atoms with Gasteiger partial charge in [0.2, 0.25) is 11.8 Å². The summed E-state index contributed by atoms with van der Waals surface area (Å²) >= 11 is 0. The molecule has 0 spiro atoms. The summed E-state index contributed by atoms with van der Waals surface area (Å²) in [5.74, 6) is -3.17. The molecule has 400 valence electrons. The van der Waals surface area contributed by atoms with Crippen molar-refractivity contribution in [3.05, 3.63) is 216 Å². The van der Waals surface area contributed by atoms with Crippen LogP contribution in [-0.4, -0.2) is 79.9 Å². The highest BCUT2D eigenvalue weighted by atomic mass is 35.5. The van der Waals surface area contributed by atoms with E-state index in [9.17, 15) is 32.3 Å². The third-order valence-electron chi connectivity index (χ3n) is 12.3. The second-order valence-electron chi connectivity index (χ2n) is 17.3. The smallest absolute Gasteiger partial charge is 0.335 e. The zero-order valence-corrected chi connectivity index (χ0v) is 42.9. The number of carboxylic acids is 1. The molecule has 0 atom stereocenters. The molecule has 0 fully saturated rings. The third kappa shape index (κ3) is 12.0. The Morgan fingerprint density at radius 3 is 1.48 bits per heavy atom. The van der Waals surface area contributed by atoms with Crippen molar-refractivity contribution in [1.82, 2.24) is 54.0 Å². The number of imidazole rings is 2. The van der Waals surface area contributed by atoms with Crippen molar-refractivity contribution in [3.8, 4) is 56.8 Å². The summed E-state index contributed by atoms with van der Waals surface area (Å²) in [6.07, 6.45) is 13.2. The van der Waals surface area contributed by atoms with Crippen molar-refractivity contribution in [2.75, 3.05) is 14.2 Å². The summed E-state index contributed by atoms with van der Waals surface area (Å²) < 4.78 is 70.7. The van der Waals surface area contributed by atoms with Crippen LogP contribution in [0.3, 0.4) is 0 Å². The number of hydrogen-bond donors (Lipinski definition) is 3. The predicted molar refractivity (Wildman–Crippen MR) is 293 cm³/mol. The van der Waals surface area contributed by atoms with Crippen LogP contribution in [-0.2, 0) is 13.1 Å². The summed E-state index contributed by atoms with van der Waals surface area (Å²) in [4.78, 5) is 58.8. The average molecular weight is 1100 g/mol. The number of halogens is 5. The number of carboxylic acid groups (broad SMARTS) is 1. The number of nitrogens with two attached hydrogens (primary N) is 1. The van der Waals surface area contributed by atoms with Gasteiger partial charge in [-0.1, -0.05) is 12.1 Å². The summed E-state index contributed by atoms with van der Waals surface area (Å²) in [7, 11) is 2.82. The van der Waals surface area contributed by atoms with Gasteiger partial charge in [-0.2, -0.15) is 0 Å². The normalized spacial score (nSPS) is 10.8. The molecule has 1 amide bonds. The molecule has 22 heteroatoms. The Morgan fingerprint density at radius 1 is 0.550 bits per heavy atom. The molecule has 4 aromatic carbocycles. The Morgan fingerprint density at radius 2 is 1.00 bits per heavy atom. The fraction of sp³-hybridized carbons (Fsp3) is 0.0690. The molecule has 0 unspecified atom stereocenters. The number of hydrogen-bond acceptors (Lipinski definition) is 13. The lowest BCUT2D eigenvalue weighted by molar-refractivity contribution is 0.0696. The lowest BCUT2D eigenvalue weighted by atomic mass is 10.0. The highest BCUT2D eigenvalue weighted by Crippen LogP contribution is 2.36. The van der Waals surface area contributed by atoms with E-state index in [1.54, 1.807) is 42.7 Å². The van der Waals surface area contributed by atoms with Crippen molar-refractivity contribution in [2.45, 2.75) is 13.1 Å². The molecule has 12 aromatic rings. The molecule has 12 rings (SSSR count). The van der Waals surface area contributed by atoms with Crippen LogP contribution in [0.5, 0.6) is 11.8 Å². The molecule has 4 N–H and O–H groups in total. The number of nitrogens with zero attached hydrogens (tertiary/aromatic N) is 10. The first-order valence-electron chi connectivity index (χ1n) is 23.9. The van der Waals surface area contributed by atoms with Crippen LogP contribution in [0.2, 0.25) is 0 Å². The molecule has 8 heterocycles. The first-order valence-corrected chi connectivity index (χ1v) is 23.9. The van der Waals surface area contributed by atoms with Crippen molar-refractivity contribution in [1.29, 1.82) is 0 Å². The van der Waals surface area contributed by atoms with Gasteiger partial charge < -0.3 is 34.4 Å². The van der Waals surface area contributed by atoms with Crippen molar-refractivity contribution in [2.24, 2.45) is 5.73 Å². The molecule has 0 bridgehead atoms. The Balaban J connectivity index is 0.000000165. The average Bonchev–Trinajstić information content (AvgIpc) is 4.18. The lowest BCUT2D eigenvalue weighted by Gasteiger charge is -2.13. The quantitative estimate of drug-likeness (QED) is 0.103. The van der Waals surface area contributed by atoms with Crippen LogP contribution in [0.1, 0.15) is 31.8 Å². The zero-order valence-electron chi connectivity index (χ0n) is 42.1. The van der Waals surface area contributed by atoms with Crippen LogP contribution in [0.15, 0.2) is 171 Å². The molecular formula is C58H43ClF4N12O5. The van der Waals surface area contributed by atoms with Crippen molar-refractivity contribution in [3.63, 3.8) is 0 Å². The van der Waals surface area contributed by atoms with Crippen molar-refractivity contribution >= 4 is 57.6 Å². The summed E-state index contributed by atoms with van der Waals surface area (Å²) in [5.41, 5.74) is 13.5. The number of methoxy groups -OCH3 is 2. The predicted octanol–water partition coefficient (Wildman–Crippen LogP) is 10.8. The number of benzene rings is 4. The summed E-state index contributed by atoms with van der Waals surface area (Å²) in [5, 5.41) is 12.1. The molecule has 0 radical (unpaired) electrons. The van der Waals surface area contributed by atoms with E-state index in [0.717, 1.165) is 34.8 Å². The fourth-order valence-electron chi connectivity index (χ4n) is 8.24. The molecule has 0 saturated carbocycles. The number of fused-ring (bicyclic) bond motifs is 4. The Kier molecular flexibility index (Phi) is 16.3. The van der Waals surface area contributed by atoms with Crippen molar-refractivity contribution < 1.29 is 41.7 Å². The highest BCUT2D eigenvalue weighted by Gasteiger charge is 2.21. The summed E-state index contributed by atoms with van der Waals surface area (Å²) in [6, 6.07) is 31.0. The Bertz CT molecular complexity index is 4240. The molecule has 0 aliphatic carbocycles.